The molecular formula is C8H17NO2. The molecule has 3 nitrogen and oxygen atoms in total. The first-order valence-corrected chi connectivity index (χ1v) is 3.90. The van der Waals surface area contributed by atoms with E-state index in [0.29, 0.717) is 0 Å². The van der Waals surface area contributed by atoms with E-state index in [-0.39, 0.29) is 10.3 Å². The molecule has 0 aliphatic heterocycles. The Hall–Kier alpha value is -0.600. The predicted octanol–water partition coefficient (Wildman–Crippen LogP) is 2.48. The van der Waals surface area contributed by atoms with E-state index in [1.54, 1.807) is 13.8 Å². The highest BCUT2D eigenvalue weighted by molar-refractivity contribution is 4.85. The zero-order chi connectivity index (χ0) is 9.28. The molecule has 0 fully saturated rings. The Morgan fingerprint density at radius 2 is 1.64 bits per heavy atom. The van der Waals surface area contributed by atoms with Gasteiger partial charge in [-0.15, -0.1) is 0 Å². The molecule has 0 heterocycles. The number of hydrogen-bond donors (Lipinski definition) is 0. The third-order valence-corrected chi connectivity index (χ3v) is 3.00. The second kappa shape index (κ2) is 2.80. The standard InChI is InChI=1S/C8H17NO2/c1-6-7(2,3)8(4,5)9(10)11/h6H2,1-5H3. The van der Waals surface area contributed by atoms with Crippen LogP contribution in [-0.2, 0) is 0 Å². The maximum atomic E-state index is 10.6. The van der Waals surface area contributed by atoms with E-state index in [4.69, 9.17) is 0 Å². The van der Waals surface area contributed by atoms with Gasteiger partial charge < -0.3 is 0 Å². The quantitative estimate of drug-likeness (QED) is 0.469. The first kappa shape index (κ1) is 10.4. The van der Waals surface area contributed by atoms with Crippen molar-refractivity contribution in [2.75, 3.05) is 0 Å². The van der Waals surface area contributed by atoms with Gasteiger partial charge in [-0.3, -0.25) is 10.1 Å². The molecule has 0 spiro atoms. The summed E-state index contributed by atoms with van der Waals surface area (Å²) in [6.07, 6.45) is 0.820. The molecule has 0 bridgehead atoms. The third-order valence-electron chi connectivity index (χ3n) is 3.00. The molecule has 0 aromatic heterocycles. The van der Waals surface area contributed by atoms with Gasteiger partial charge in [-0.2, -0.15) is 0 Å². The molecule has 0 aromatic rings. The molecule has 0 unspecified atom stereocenters. The predicted molar refractivity (Wildman–Crippen MR) is 45.1 cm³/mol. The van der Waals surface area contributed by atoms with Crippen LogP contribution in [0.25, 0.3) is 0 Å². The minimum atomic E-state index is -0.832. The van der Waals surface area contributed by atoms with Gasteiger partial charge in [-0.1, -0.05) is 20.8 Å². The van der Waals surface area contributed by atoms with Gasteiger partial charge in [0.25, 0.3) is 0 Å². The van der Waals surface area contributed by atoms with E-state index in [1.165, 1.54) is 0 Å². The summed E-state index contributed by atoms with van der Waals surface area (Å²) in [6, 6.07) is 0. The average Bonchev–Trinajstić information content (AvgIpc) is 1.87. The molecular weight excluding hydrogens is 142 g/mol. The lowest BCUT2D eigenvalue weighted by Crippen LogP contribution is -2.45. The summed E-state index contributed by atoms with van der Waals surface area (Å²) in [5, 5.41) is 10.6. The van der Waals surface area contributed by atoms with Crippen LogP contribution in [0.15, 0.2) is 0 Å². The average molecular weight is 159 g/mol. The zero-order valence-electron chi connectivity index (χ0n) is 7.97. The van der Waals surface area contributed by atoms with Gasteiger partial charge in [-0.05, 0) is 6.42 Å². The maximum absolute atomic E-state index is 10.6. The minimum absolute atomic E-state index is 0.198. The van der Waals surface area contributed by atoms with E-state index in [9.17, 15) is 10.1 Å². The minimum Gasteiger partial charge on any atom is -0.264 e. The van der Waals surface area contributed by atoms with Gasteiger partial charge in [0, 0.05) is 24.2 Å². The lowest BCUT2D eigenvalue weighted by atomic mass is 9.73. The summed E-state index contributed by atoms with van der Waals surface area (Å²) in [4.78, 5) is 10.4. The van der Waals surface area contributed by atoms with E-state index >= 15 is 0 Å². The van der Waals surface area contributed by atoms with Crippen molar-refractivity contribution in [2.45, 2.75) is 46.6 Å². The Labute approximate surface area is 67.9 Å². The molecule has 0 rings (SSSR count). The highest BCUT2D eigenvalue weighted by Gasteiger charge is 2.46. The van der Waals surface area contributed by atoms with Crippen LogP contribution in [0.5, 0.6) is 0 Å². The summed E-state index contributed by atoms with van der Waals surface area (Å²) >= 11 is 0. The van der Waals surface area contributed by atoms with Crippen molar-refractivity contribution >= 4 is 0 Å². The van der Waals surface area contributed by atoms with E-state index in [2.05, 4.69) is 0 Å². The largest absolute Gasteiger partial charge is 0.264 e. The van der Waals surface area contributed by atoms with Gasteiger partial charge >= 0.3 is 0 Å². The van der Waals surface area contributed by atoms with Crippen molar-refractivity contribution in [1.82, 2.24) is 0 Å². The molecule has 11 heavy (non-hydrogen) atoms. The summed E-state index contributed by atoms with van der Waals surface area (Å²) in [6.45, 7) is 9.18. The molecule has 0 radical (unpaired) electrons. The van der Waals surface area contributed by atoms with Crippen molar-refractivity contribution in [2.24, 2.45) is 5.41 Å². The Morgan fingerprint density at radius 1 is 1.27 bits per heavy atom. The normalized spacial score (nSPS) is 13.2. The molecule has 0 saturated heterocycles. The fourth-order valence-electron chi connectivity index (χ4n) is 0.680. The lowest BCUT2D eigenvalue weighted by molar-refractivity contribution is -0.581. The molecule has 3 heteroatoms. The maximum Gasteiger partial charge on any atom is 0.221 e. The zero-order valence-corrected chi connectivity index (χ0v) is 7.97. The number of nitro groups is 1. The van der Waals surface area contributed by atoms with Crippen LogP contribution in [0.3, 0.4) is 0 Å². The van der Waals surface area contributed by atoms with Gasteiger partial charge in [0.1, 0.15) is 0 Å². The van der Waals surface area contributed by atoms with Crippen LogP contribution in [0.4, 0.5) is 0 Å². The van der Waals surface area contributed by atoms with Crippen molar-refractivity contribution in [3.05, 3.63) is 10.1 Å². The Morgan fingerprint density at radius 3 is 1.73 bits per heavy atom. The highest BCUT2D eigenvalue weighted by atomic mass is 16.6. The summed E-state index contributed by atoms with van der Waals surface area (Å²) < 4.78 is 0. The Kier molecular flexibility index (Phi) is 2.64. The Bertz CT molecular complexity index is 161. The smallest absolute Gasteiger partial charge is 0.221 e. The topological polar surface area (TPSA) is 43.1 Å². The summed E-state index contributed by atoms with van der Waals surface area (Å²) in [7, 11) is 0. The first-order valence-electron chi connectivity index (χ1n) is 3.90. The molecule has 0 aliphatic carbocycles. The van der Waals surface area contributed by atoms with E-state index in [1.807, 2.05) is 20.8 Å². The van der Waals surface area contributed by atoms with Crippen molar-refractivity contribution in [3.8, 4) is 0 Å². The van der Waals surface area contributed by atoms with Crippen molar-refractivity contribution < 1.29 is 4.92 Å². The van der Waals surface area contributed by atoms with Crippen LogP contribution >= 0.6 is 0 Å². The SMILES string of the molecule is CCC(C)(C)C(C)(C)[N+](=O)[O-]. The fourth-order valence-corrected chi connectivity index (χ4v) is 0.680. The van der Waals surface area contributed by atoms with Gasteiger partial charge in [-0.25, -0.2) is 0 Å². The van der Waals surface area contributed by atoms with Crippen LogP contribution in [0.1, 0.15) is 41.0 Å². The highest BCUT2D eigenvalue weighted by Crippen LogP contribution is 2.35. The number of hydrogen-bond acceptors (Lipinski definition) is 2. The molecule has 66 valence electrons. The van der Waals surface area contributed by atoms with Crippen LogP contribution < -0.4 is 0 Å². The molecule has 0 saturated carbocycles. The molecule has 0 N–H and O–H groups in total. The second-order valence-corrected chi connectivity index (χ2v) is 4.05. The molecule has 0 aromatic carbocycles. The first-order chi connectivity index (χ1) is 4.75. The summed E-state index contributed by atoms with van der Waals surface area (Å²) in [5.74, 6) is 0. The van der Waals surface area contributed by atoms with E-state index in [0.717, 1.165) is 6.42 Å². The van der Waals surface area contributed by atoms with Gasteiger partial charge in [0.15, 0.2) is 0 Å². The third kappa shape index (κ3) is 1.70. The van der Waals surface area contributed by atoms with Crippen molar-refractivity contribution in [3.63, 3.8) is 0 Å². The van der Waals surface area contributed by atoms with Crippen LogP contribution in [-0.4, -0.2) is 10.5 Å². The number of rotatable bonds is 3. The van der Waals surface area contributed by atoms with Crippen LogP contribution in [0, 0.1) is 15.5 Å². The van der Waals surface area contributed by atoms with E-state index < -0.39 is 5.54 Å². The van der Waals surface area contributed by atoms with Crippen molar-refractivity contribution in [1.29, 1.82) is 0 Å². The summed E-state index contributed by atoms with van der Waals surface area (Å²) in [5.41, 5.74) is -1.07. The monoisotopic (exact) mass is 159 g/mol. The van der Waals surface area contributed by atoms with Gasteiger partial charge in [0.2, 0.25) is 5.54 Å². The van der Waals surface area contributed by atoms with Crippen LogP contribution in [0.2, 0.25) is 0 Å². The fraction of sp³-hybridized carbons (Fsp3) is 1.00. The second-order valence-electron chi connectivity index (χ2n) is 4.05. The number of nitrogens with zero attached hydrogens (tertiary/aromatic N) is 1. The van der Waals surface area contributed by atoms with Gasteiger partial charge in [0.05, 0.1) is 0 Å². The Balaban J connectivity index is 4.67. The molecule has 0 aliphatic rings. The molecule has 0 amide bonds. The lowest BCUT2D eigenvalue weighted by Gasteiger charge is -2.32. The molecule has 0 atom stereocenters.